The molecule has 4 aromatic rings. The number of carboxylic acid groups (broad SMARTS) is 1. The van der Waals surface area contributed by atoms with Gasteiger partial charge in [-0.25, -0.2) is 9.78 Å². The number of benzene rings is 1. The monoisotopic (exact) mass is 461 g/mol. The third-order valence-electron chi connectivity index (χ3n) is 6.21. The Kier molecular flexibility index (Phi) is 5.78. The first-order valence-electron chi connectivity index (χ1n) is 11.1. The lowest BCUT2D eigenvalue weighted by atomic mass is 10.2. The molecule has 4 heterocycles. The quantitative estimate of drug-likeness (QED) is 0.419. The van der Waals surface area contributed by atoms with Crippen LogP contribution in [-0.4, -0.2) is 57.6 Å². The van der Waals surface area contributed by atoms with E-state index in [4.69, 9.17) is 0 Å². The highest BCUT2D eigenvalue weighted by molar-refractivity contribution is 7.12. The number of hydrogen-bond donors (Lipinski definition) is 2. The van der Waals surface area contributed by atoms with Gasteiger partial charge in [0.05, 0.1) is 11.4 Å². The van der Waals surface area contributed by atoms with E-state index < -0.39 is 5.97 Å². The summed E-state index contributed by atoms with van der Waals surface area (Å²) in [6.07, 6.45) is 3.66. The summed E-state index contributed by atoms with van der Waals surface area (Å²) in [5.74, 6) is -0.906. The Morgan fingerprint density at radius 1 is 1.09 bits per heavy atom. The highest BCUT2D eigenvalue weighted by Gasteiger charge is 2.19. The van der Waals surface area contributed by atoms with Crippen molar-refractivity contribution in [3.63, 3.8) is 0 Å². The number of anilines is 3. The van der Waals surface area contributed by atoms with E-state index >= 15 is 0 Å². The molecule has 3 aromatic heterocycles. The summed E-state index contributed by atoms with van der Waals surface area (Å²) < 4.78 is 1.98. The minimum Gasteiger partial charge on any atom is -0.477 e. The number of rotatable bonds is 6. The van der Waals surface area contributed by atoms with Crippen molar-refractivity contribution < 1.29 is 9.90 Å². The molecule has 0 atom stereocenters. The molecule has 0 unspecified atom stereocenters. The van der Waals surface area contributed by atoms with Crippen molar-refractivity contribution in [2.24, 2.45) is 0 Å². The summed E-state index contributed by atoms with van der Waals surface area (Å²) in [7, 11) is 0. The largest absolute Gasteiger partial charge is 0.477 e. The molecule has 1 saturated heterocycles. The molecule has 33 heavy (non-hydrogen) atoms. The van der Waals surface area contributed by atoms with Gasteiger partial charge in [-0.15, -0.1) is 11.3 Å². The number of fused-ring (bicyclic) bond motifs is 1. The summed E-state index contributed by atoms with van der Waals surface area (Å²) in [4.78, 5) is 21.1. The second kappa shape index (κ2) is 8.88. The molecule has 0 radical (unpaired) electrons. The molecular weight excluding hydrogens is 434 g/mol. The molecule has 0 aliphatic carbocycles. The van der Waals surface area contributed by atoms with Crippen LogP contribution in [0.25, 0.3) is 16.9 Å². The molecule has 1 aromatic carbocycles. The summed E-state index contributed by atoms with van der Waals surface area (Å²) in [6.45, 7) is 8.81. The number of aromatic carboxylic acids is 1. The van der Waals surface area contributed by atoms with Gasteiger partial charge in [0.2, 0.25) is 0 Å². The predicted molar refractivity (Wildman–Crippen MR) is 134 cm³/mol. The van der Waals surface area contributed by atoms with Crippen LogP contribution >= 0.6 is 11.3 Å². The zero-order valence-electron chi connectivity index (χ0n) is 18.7. The first-order valence-corrected chi connectivity index (χ1v) is 12.0. The molecule has 7 nitrogen and oxygen atoms in total. The number of thiophene rings is 1. The number of hydrogen-bond acceptors (Lipinski definition) is 6. The number of carboxylic acids is 1. The summed E-state index contributed by atoms with van der Waals surface area (Å²) in [5.41, 5.74) is 5.72. The van der Waals surface area contributed by atoms with Crippen LogP contribution in [0.3, 0.4) is 0 Å². The van der Waals surface area contributed by atoms with Crippen molar-refractivity contribution in [2.45, 2.75) is 19.9 Å². The van der Waals surface area contributed by atoms with E-state index in [0.29, 0.717) is 10.9 Å². The van der Waals surface area contributed by atoms with Crippen molar-refractivity contribution in [3.8, 4) is 11.3 Å². The summed E-state index contributed by atoms with van der Waals surface area (Å²) in [5, 5.41) is 14.6. The number of pyridine rings is 1. The maximum absolute atomic E-state index is 11.3. The van der Waals surface area contributed by atoms with E-state index in [2.05, 4.69) is 58.2 Å². The molecule has 5 rings (SSSR count). The molecule has 170 valence electrons. The Balaban J connectivity index is 1.33. The second-order valence-electron chi connectivity index (χ2n) is 8.55. The van der Waals surface area contributed by atoms with Gasteiger partial charge in [0.1, 0.15) is 4.88 Å². The van der Waals surface area contributed by atoms with Crippen molar-refractivity contribution in [3.05, 3.63) is 65.1 Å². The van der Waals surface area contributed by atoms with E-state index in [1.54, 1.807) is 12.3 Å². The van der Waals surface area contributed by atoms with Gasteiger partial charge in [-0.05, 0) is 56.3 Å². The SMILES string of the molecule is CC(C)N1CCN(c2ccc(Nc3ccc(-c4csc(C(=O)O)c4)n4ccnc34)cc2)CC1. The Morgan fingerprint density at radius 3 is 2.52 bits per heavy atom. The van der Waals surface area contributed by atoms with Crippen LogP contribution in [0, 0.1) is 0 Å². The molecule has 2 N–H and O–H groups in total. The van der Waals surface area contributed by atoms with Crippen LogP contribution in [0.5, 0.6) is 0 Å². The first kappa shape index (κ1) is 21.5. The van der Waals surface area contributed by atoms with Crippen LogP contribution in [0.15, 0.2) is 60.2 Å². The topological polar surface area (TPSA) is 73.1 Å². The van der Waals surface area contributed by atoms with Crippen LogP contribution < -0.4 is 10.2 Å². The van der Waals surface area contributed by atoms with E-state index in [1.807, 2.05) is 28.1 Å². The summed E-state index contributed by atoms with van der Waals surface area (Å²) in [6, 6.07) is 14.8. The molecule has 0 spiro atoms. The third kappa shape index (κ3) is 4.31. The molecular formula is C25H27N5O2S. The van der Waals surface area contributed by atoms with Gasteiger partial charge in [0.15, 0.2) is 5.65 Å². The molecule has 0 bridgehead atoms. The first-order chi connectivity index (χ1) is 16.0. The second-order valence-corrected chi connectivity index (χ2v) is 9.46. The Morgan fingerprint density at radius 2 is 1.85 bits per heavy atom. The van der Waals surface area contributed by atoms with Gasteiger partial charge < -0.3 is 15.3 Å². The minimum atomic E-state index is -0.906. The van der Waals surface area contributed by atoms with E-state index in [0.717, 1.165) is 54.5 Å². The lowest BCUT2D eigenvalue weighted by Gasteiger charge is -2.38. The molecule has 0 amide bonds. The van der Waals surface area contributed by atoms with Gasteiger partial charge in [-0.3, -0.25) is 9.30 Å². The van der Waals surface area contributed by atoms with Crippen molar-refractivity contribution >= 4 is 40.0 Å². The number of imidazole rings is 1. The van der Waals surface area contributed by atoms with Gasteiger partial charge >= 0.3 is 5.97 Å². The van der Waals surface area contributed by atoms with Crippen LogP contribution in [0.4, 0.5) is 17.1 Å². The number of carbonyl (C=O) groups is 1. The van der Waals surface area contributed by atoms with Crippen LogP contribution in [-0.2, 0) is 0 Å². The Hall–Kier alpha value is -3.36. The third-order valence-corrected chi connectivity index (χ3v) is 7.13. The Labute approximate surface area is 196 Å². The van der Waals surface area contributed by atoms with Gasteiger partial charge in [-0.1, -0.05) is 0 Å². The smallest absolute Gasteiger partial charge is 0.345 e. The standard InChI is InChI=1S/C25H27N5O2S/c1-17(2)28-11-13-29(14-12-28)20-5-3-19(4-6-20)27-21-7-8-22(30-10-9-26-24(21)30)18-15-23(25(31)32)33-16-18/h3-10,15-17,27H,11-14H2,1-2H3,(H,31,32). The van der Waals surface area contributed by atoms with Gasteiger partial charge in [0.25, 0.3) is 0 Å². The normalized spacial score (nSPS) is 14.8. The zero-order chi connectivity index (χ0) is 22.9. The molecule has 1 aliphatic rings. The fourth-order valence-corrected chi connectivity index (χ4v) is 5.08. The van der Waals surface area contributed by atoms with E-state index in [-0.39, 0.29) is 0 Å². The van der Waals surface area contributed by atoms with Crippen molar-refractivity contribution in [2.75, 3.05) is 36.4 Å². The number of nitrogens with one attached hydrogen (secondary N) is 1. The highest BCUT2D eigenvalue weighted by Crippen LogP contribution is 2.31. The lowest BCUT2D eigenvalue weighted by molar-refractivity contribution is 0.0702. The molecule has 0 saturated carbocycles. The van der Waals surface area contributed by atoms with Gasteiger partial charge in [0, 0.05) is 66.9 Å². The average Bonchev–Trinajstić information content (AvgIpc) is 3.51. The fourth-order valence-electron chi connectivity index (χ4n) is 4.34. The van der Waals surface area contributed by atoms with E-state index in [1.165, 1.54) is 17.0 Å². The minimum absolute atomic E-state index is 0.325. The van der Waals surface area contributed by atoms with E-state index in [9.17, 15) is 9.90 Å². The maximum Gasteiger partial charge on any atom is 0.345 e. The fraction of sp³-hybridized carbons (Fsp3) is 0.280. The maximum atomic E-state index is 11.3. The molecule has 1 fully saturated rings. The van der Waals surface area contributed by atoms with Crippen molar-refractivity contribution in [1.29, 1.82) is 0 Å². The average molecular weight is 462 g/mol. The zero-order valence-corrected chi connectivity index (χ0v) is 19.5. The number of nitrogens with zero attached hydrogens (tertiary/aromatic N) is 4. The Bertz CT molecular complexity index is 1270. The summed E-state index contributed by atoms with van der Waals surface area (Å²) >= 11 is 1.23. The molecule has 1 aliphatic heterocycles. The number of piperazine rings is 1. The van der Waals surface area contributed by atoms with Gasteiger partial charge in [-0.2, -0.15) is 0 Å². The highest BCUT2D eigenvalue weighted by atomic mass is 32.1. The van der Waals surface area contributed by atoms with Crippen LogP contribution in [0.1, 0.15) is 23.5 Å². The van der Waals surface area contributed by atoms with Crippen LogP contribution in [0.2, 0.25) is 0 Å². The lowest BCUT2D eigenvalue weighted by Crippen LogP contribution is -2.48. The molecule has 8 heteroatoms. The van der Waals surface area contributed by atoms with Crippen molar-refractivity contribution in [1.82, 2.24) is 14.3 Å². The predicted octanol–water partition coefficient (Wildman–Crippen LogP) is 5.04. The number of aromatic nitrogens is 2.